The van der Waals surface area contributed by atoms with Crippen molar-refractivity contribution in [3.63, 3.8) is 0 Å². The molecule has 1 aromatic rings. The highest BCUT2D eigenvalue weighted by Gasteiger charge is 2.84. The van der Waals surface area contributed by atoms with Gasteiger partial charge in [0.25, 0.3) is 5.56 Å². The minimum absolute atomic E-state index is 0.708. The van der Waals surface area contributed by atoms with Gasteiger partial charge in [0, 0.05) is 12.3 Å². The van der Waals surface area contributed by atoms with Crippen molar-refractivity contribution >= 4 is 35.1 Å². The van der Waals surface area contributed by atoms with E-state index in [4.69, 9.17) is 31.0 Å². The standard InChI is InChI=1S/C10H14ClN2O14P3/c1-9(11)7(13-3-2-4(14)12-8(13)15)24-5-6(10(5,9)16)25-29(20,21)27-30(22,23)26-28(17,18)19/h2-3,5-7,16H,1H3,(H,20,21)(H,22,23)(H,12,14,15)(H2,17,18,19)/t5-,6?,7-,9+,10+/m1/s1. The summed E-state index contributed by atoms with van der Waals surface area (Å²) in [6.45, 7) is 1.19. The summed E-state index contributed by atoms with van der Waals surface area (Å²) in [6, 6.07) is 0.981. The van der Waals surface area contributed by atoms with Gasteiger partial charge in [0.1, 0.15) is 22.7 Å². The number of ether oxygens (including phenoxy) is 1. The van der Waals surface area contributed by atoms with Gasteiger partial charge in [0.15, 0.2) is 6.23 Å². The van der Waals surface area contributed by atoms with Crippen molar-refractivity contribution in [3.8, 4) is 0 Å². The second-order valence-corrected chi connectivity index (χ2v) is 11.6. The van der Waals surface area contributed by atoms with Crippen LogP contribution in [-0.4, -0.2) is 56.9 Å². The number of halogens is 1. The summed E-state index contributed by atoms with van der Waals surface area (Å²) in [5, 5.41) is 10.7. The molecule has 2 heterocycles. The van der Waals surface area contributed by atoms with Gasteiger partial charge in [-0.15, -0.1) is 11.6 Å². The minimum Gasteiger partial charge on any atom is -0.382 e. The Hall–Kier alpha value is -0.700. The van der Waals surface area contributed by atoms with Crippen molar-refractivity contribution in [2.75, 3.05) is 0 Å². The fourth-order valence-electron chi connectivity index (χ4n) is 3.03. The Bertz CT molecular complexity index is 1130. The van der Waals surface area contributed by atoms with Crippen LogP contribution in [0.2, 0.25) is 0 Å². The fourth-order valence-corrected chi connectivity index (χ4v) is 6.62. The highest BCUT2D eigenvalue weighted by molar-refractivity contribution is 7.66. The number of phosphoric acid groups is 3. The number of phosphoric ester groups is 1. The van der Waals surface area contributed by atoms with Crippen LogP contribution >= 0.6 is 35.1 Å². The number of alkyl halides is 1. The summed E-state index contributed by atoms with van der Waals surface area (Å²) in [4.78, 5) is 58.9. The van der Waals surface area contributed by atoms with Gasteiger partial charge in [0.2, 0.25) is 0 Å². The summed E-state index contributed by atoms with van der Waals surface area (Å²) in [6.07, 6.45) is -3.45. The molecule has 0 spiro atoms. The van der Waals surface area contributed by atoms with Crippen LogP contribution in [0.4, 0.5) is 0 Å². The van der Waals surface area contributed by atoms with Crippen LogP contribution in [0.1, 0.15) is 13.2 Å². The van der Waals surface area contributed by atoms with E-state index < -0.39 is 63.6 Å². The van der Waals surface area contributed by atoms with E-state index in [0.29, 0.717) is 0 Å². The average Bonchev–Trinajstić information content (AvgIpc) is 2.97. The topological polar surface area (TPSA) is 244 Å². The molecule has 1 aliphatic heterocycles. The lowest BCUT2D eigenvalue weighted by Gasteiger charge is -2.32. The molecule has 1 aromatic heterocycles. The van der Waals surface area contributed by atoms with Gasteiger partial charge in [-0.3, -0.25) is 18.9 Å². The second-order valence-electron chi connectivity index (χ2n) is 6.44. The fraction of sp³-hybridized carbons (Fsp3) is 0.600. The van der Waals surface area contributed by atoms with Gasteiger partial charge in [-0.2, -0.15) is 8.62 Å². The van der Waals surface area contributed by atoms with Gasteiger partial charge in [-0.05, 0) is 6.92 Å². The maximum Gasteiger partial charge on any atom is 0.490 e. The lowest BCUT2D eigenvalue weighted by Crippen LogP contribution is -2.47. The first kappa shape index (κ1) is 24.0. The molecule has 1 aliphatic carbocycles. The van der Waals surface area contributed by atoms with Gasteiger partial charge in [-0.25, -0.2) is 18.5 Å². The molecule has 0 aromatic carbocycles. The van der Waals surface area contributed by atoms with Crippen molar-refractivity contribution in [2.45, 2.75) is 35.8 Å². The average molecular weight is 515 g/mol. The van der Waals surface area contributed by atoms with Crippen LogP contribution in [0.15, 0.2) is 21.9 Å². The molecule has 2 fully saturated rings. The van der Waals surface area contributed by atoms with Crippen molar-refractivity contribution < 1.29 is 56.3 Å². The van der Waals surface area contributed by atoms with Crippen LogP contribution in [-0.2, 0) is 31.6 Å². The quantitative estimate of drug-likeness (QED) is 0.187. The number of hydrogen-bond donors (Lipinski definition) is 6. The Morgan fingerprint density at radius 1 is 1.17 bits per heavy atom. The highest BCUT2D eigenvalue weighted by Crippen LogP contribution is 2.71. The molecular formula is C10H14ClN2O14P3. The van der Waals surface area contributed by atoms with Crippen molar-refractivity contribution in [2.24, 2.45) is 0 Å². The Kier molecular flexibility index (Phi) is 5.71. The number of rotatable bonds is 7. The number of nitrogens with one attached hydrogen (secondary N) is 1. The summed E-state index contributed by atoms with van der Waals surface area (Å²) >= 11 is 6.31. The first-order valence-corrected chi connectivity index (χ1v) is 12.5. The lowest BCUT2D eigenvalue weighted by atomic mass is 10.0. The van der Waals surface area contributed by atoms with Crippen LogP contribution in [0.3, 0.4) is 0 Å². The molecule has 30 heavy (non-hydrogen) atoms. The summed E-state index contributed by atoms with van der Waals surface area (Å²) in [7, 11) is -16.9. The summed E-state index contributed by atoms with van der Waals surface area (Å²) in [5.74, 6) is 0. The zero-order valence-electron chi connectivity index (χ0n) is 14.5. The van der Waals surface area contributed by atoms with E-state index in [9.17, 15) is 33.3 Å². The molecular weight excluding hydrogens is 500 g/mol. The van der Waals surface area contributed by atoms with E-state index in [1.807, 2.05) is 4.98 Å². The van der Waals surface area contributed by atoms with Gasteiger partial charge < -0.3 is 29.4 Å². The molecule has 20 heteroatoms. The minimum atomic E-state index is -5.76. The van der Waals surface area contributed by atoms with E-state index in [1.54, 1.807) is 0 Å². The zero-order valence-corrected chi connectivity index (χ0v) is 17.9. The lowest BCUT2D eigenvalue weighted by molar-refractivity contribution is -0.0361. The molecule has 3 rings (SSSR count). The number of nitrogens with zero attached hydrogens (tertiary/aromatic N) is 1. The second kappa shape index (κ2) is 7.15. The SMILES string of the molecule is C[C@]1(Cl)[C@H](n2ccc(=O)[nH]c2=O)O[C@@H]2C(OP(=O)(O)OP(=O)(O)OP(=O)(O)O)[C@@]21O. The van der Waals surface area contributed by atoms with Crippen LogP contribution in [0.25, 0.3) is 0 Å². The van der Waals surface area contributed by atoms with E-state index >= 15 is 0 Å². The summed E-state index contributed by atoms with van der Waals surface area (Å²) < 4.78 is 51.9. The summed E-state index contributed by atoms with van der Waals surface area (Å²) in [5.41, 5.74) is -3.84. The number of H-pyrrole nitrogens is 1. The van der Waals surface area contributed by atoms with Crippen molar-refractivity contribution in [3.05, 3.63) is 33.1 Å². The smallest absolute Gasteiger partial charge is 0.382 e. The predicted molar refractivity (Wildman–Crippen MR) is 93.2 cm³/mol. The van der Waals surface area contributed by atoms with Crippen LogP contribution in [0, 0.1) is 0 Å². The number of fused-ring (bicyclic) bond motifs is 1. The molecule has 2 aliphatic rings. The number of aromatic amines is 1. The maximum absolute atomic E-state index is 11.9. The van der Waals surface area contributed by atoms with E-state index in [2.05, 4.69) is 13.1 Å². The first-order valence-electron chi connectivity index (χ1n) is 7.60. The van der Waals surface area contributed by atoms with Crippen molar-refractivity contribution in [1.82, 2.24) is 9.55 Å². The Balaban J connectivity index is 1.77. The molecule has 0 amide bonds. The monoisotopic (exact) mass is 514 g/mol. The third-order valence-electron chi connectivity index (χ3n) is 4.32. The molecule has 0 bridgehead atoms. The third-order valence-corrected chi connectivity index (χ3v) is 8.63. The molecule has 1 saturated heterocycles. The van der Waals surface area contributed by atoms with Gasteiger partial charge >= 0.3 is 29.2 Å². The van der Waals surface area contributed by atoms with E-state index in [-0.39, 0.29) is 0 Å². The van der Waals surface area contributed by atoms with Crippen LogP contribution in [0.5, 0.6) is 0 Å². The number of hydrogen-bond acceptors (Lipinski definition) is 10. The molecule has 16 nitrogen and oxygen atoms in total. The first-order chi connectivity index (χ1) is 13.4. The number of aromatic nitrogens is 2. The normalized spacial score (nSPS) is 37.2. The largest absolute Gasteiger partial charge is 0.490 e. The third kappa shape index (κ3) is 4.30. The molecule has 6 N–H and O–H groups in total. The van der Waals surface area contributed by atoms with Gasteiger partial charge in [0.05, 0.1) is 0 Å². The molecule has 170 valence electrons. The molecule has 7 atom stereocenters. The highest BCUT2D eigenvalue weighted by atomic mass is 35.5. The molecule has 1 saturated carbocycles. The number of aliphatic hydroxyl groups is 1. The Labute approximate surface area is 170 Å². The zero-order chi connectivity index (χ0) is 22.9. The van der Waals surface area contributed by atoms with E-state index in [1.165, 1.54) is 6.92 Å². The molecule has 3 unspecified atom stereocenters. The Morgan fingerprint density at radius 3 is 2.23 bits per heavy atom. The van der Waals surface area contributed by atoms with E-state index in [0.717, 1.165) is 16.8 Å². The predicted octanol–water partition coefficient (Wildman–Crippen LogP) is -1.11. The van der Waals surface area contributed by atoms with Crippen LogP contribution < -0.4 is 11.2 Å². The van der Waals surface area contributed by atoms with Gasteiger partial charge in [-0.1, -0.05) is 0 Å². The Morgan fingerprint density at radius 2 is 1.77 bits per heavy atom. The molecule has 0 radical (unpaired) electrons. The van der Waals surface area contributed by atoms with Crippen molar-refractivity contribution in [1.29, 1.82) is 0 Å². The maximum atomic E-state index is 11.9.